The summed E-state index contributed by atoms with van der Waals surface area (Å²) in [4.78, 5) is 8.58. The molecule has 0 saturated carbocycles. The van der Waals surface area contributed by atoms with Gasteiger partial charge in [0.1, 0.15) is 15.8 Å². The first-order chi connectivity index (χ1) is 10.3. The van der Waals surface area contributed by atoms with E-state index in [0.29, 0.717) is 11.7 Å². The Morgan fingerprint density at radius 3 is 2.77 bits per heavy atom. The molecule has 6 nitrogen and oxygen atoms in total. The van der Waals surface area contributed by atoms with Crippen LogP contribution in [0.15, 0.2) is 18.3 Å². The second-order valence-electron chi connectivity index (χ2n) is 5.76. The van der Waals surface area contributed by atoms with Crippen molar-refractivity contribution in [3.05, 3.63) is 23.3 Å². The molecule has 0 spiro atoms. The third-order valence-electron chi connectivity index (χ3n) is 2.85. The summed E-state index contributed by atoms with van der Waals surface area (Å²) in [6, 6.07) is 3.49. The highest BCUT2D eigenvalue weighted by Gasteiger charge is 2.29. The van der Waals surface area contributed by atoms with Crippen molar-refractivity contribution in [1.29, 1.82) is 0 Å². The maximum absolute atomic E-state index is 12.1. The zero-order valence-corrected chi connectivity index (χ0v) is 14.9. The molecule has 0 aliphatic heterocycles. The second kappa shape index (κ2) is 6.91. The van der Waals surface area contributed by atoms with E-state index in [9.17, 15) is 4.55 Å². The first-order valence-corrected chi connectivity index (χ1v) is 8.75. The predicted octanol–water partition coefficient (Wildman–Crippen LogP) is 2.72. The summed E-state index contributed by atoms with van der Waals surface area (Å²) in [5.41, 5.74) is 0.846. The number of ether oxygens (including phenoxy) is 1. The molecule has 22 heavy (non-hydrogen) atoms. The summed E-state index contributed by atoms with van der Waals surface area (Å²) >= 11 is 0.150. The van der Waals surface area contributed by atoms with E-state index < -0.39 is 11.4 Å². The molecule has 0 unspecified atom stereocenters. The van der Waals surface area contributed by atoms with Crippen LogP contribution in [0.25, 0.3) is 11.4 Å². The van der Waals surface area contributed by atoms with Gasteiger partial charge in [-0.1, -0.05) is 0 Å². The fourth-order valence-electron chi connectivity index (χ4n) is 1.58. The van der Waals surface area contributed by atoms with Crippen LogP contribution in [0, 0.1) is 0 Å². The van der Waals surface area contributed by atoms with Crippen molar-refractivity contribution >= 4 is 22.9 Å². The Kier molecular flexibility index (Phi) is 5.38. The van der Waals surface area contributed by atoms with Gasteiger partial charge in [0.2, 0.25) is 5.88 Å². The number of pyridine rings is 1. The molecule has 0 bridgehead atoms. The van der Waals surface area contributed by atoms with Gasteiger partial charge in [-0.05, 0) is 45.3 Å². The van der Waals surface area contributed by atoms with Crippen LogP contribution in [0.1, 0.15) is 38.7 Å². The molecular weight excluding hydrogens is 320 g/mol. The first kappa shape index (κ1) is 17.1. The summed E-state index contributed by atoms with van der Waals surface area (Å²) in [5, 5.41) is 0.795. The summed E-state index contributed by atoms with van der Waals surface area (Å²) in [6.45, 7) is 7.72. The summed E-state index contributed by atoms with van der Waals surface area (Å²) in [6.07, 6.45) is 1.66. The van der Waals surface area contributed by atoms with Crippen molar-refractivity contribution in [2.45, 2.75) is 38.5 Å². The third kappa shape index (κ3) is 4.16. The summed E-state index contributed by atoms with van der Waals surface area (Å²) < 4.78 is 24.4. The van der Waals surface area contributed by atoms with Crippen LogP contribution in [0.4, 0.5) is 0 Å². The largest absolute Gasteiger partial charge is 0.598 e. The Hall–Kier alpha value is -1.22. The molecule has 0 saturated heterocycles. The lowest BCUT2D eigenvalue weighted by molar-refractivity contribution is 0.398. The minimum atomic E-state index is -1.15. The van der Waals surface area contributed by atoms with Crippen molar-refractivity contribution in [2.75, 3.05) is 7.11 Å². The van der Waals surface area contributed by atoms with E-state index in [1.165, 1.54) is 11.5 Å². The number of nitrogens with zero attached hydrogens (tertiary/aromatic N) is 3. The molecule has 0 aromatic carbocycles. The smallest absolute Gasteiger partial charge is 0.213 e. The van der Waals surface area contributed by atoms with Crippen LogP contribution in [-0.2, 0) is 11.4 Å². The molecule has 0 fully saturated rings. The number of rotatable bonds is 5. The second-order valence-corrected chi connectivity index (χ2v) is 8.55. The molecule has 0 aliphatic rings. The summed E-state index contributed by atoms with van der Waals surface area (Å²) in [5.74, 6) is 1.14. The quantitative estimate of drug-likeness (QED) is 0.843. The van der Waals surface area contributed by atoms with Gasteiger partial charge in [0.25, 0.3) is 0 Å². The van der Waals surface area contributed by atoms with Gasteiger partial charge < -0.3 is 9.29 Å². The normalized spacial score (nSPS) is 14.6. The van der Waals surface area contributed by atoms with E-state index in [1.807, 2.05) is 33.8 Å². The standard InChI is InChI=1S/C14H20N4O2S2/c1-9(18-22(19)14(2,3)4)13-16-12(17-21-13)10-6-7-15-11(8-10)20-5/h6-9,18H,1-5H3/t9-,22+/m0/s1. The molecule has 120 valence electrons. The fourth-order valence-corrected chi connectivity index (χ4v) is 3.11. The van der Waals surface area contributed by atoms with Gasteiger partial charge in [0, 0.05) is 29.2 Å². The van der Waals surface area contributed by atoms with Gasteiger partial charge in [0.05, 0.1) is 7.11 Å². The molecule has 1 N–H and O–H groups in total. The first-order valence-electron chi connectivity index (χ1n) is 6.83. The highest BCUT2D eigenvalue weighted by atomic mass is 32.2. The minimum Gasteiger partial charge on any atom is -0.598 e. The maximum atomic E-state index is 12.1. The van der Waals surface area contributed by atoms with Gasteiger partial charge in [0.15, 0.2) is 5.82 Å². The van der Waals surface area contributed by atoms with Crippen LogP contribution in [0.5, 0.6) is 5.88 Å². The van der Waals surface area contributed by atoms with Crippen LogP contribution < -0.4 is 9.46 Å². The lowest BCUT2D eigenvalue weighted by Crippen LogP contribution is -2.40. The monoisotopic (exact) mass is 340 g/mol. The van der Waals surface area contributed by atoms with Gasteiger partial charge in [-0.15, -0.1) is 4.72 Å². The number of nitrogens with one attached hydrogen (secondary N) is 1. The van der Waals surface area contributed by atoms with Crippen LogP contribution in [0.3, 0.4) is 0 Å². The fraction of sp³-hybridized carbons (Fsp3) is 0.500. The Labute approximate surface area is 137 Å². The van der Waals surface area contributed by atoms with E-state index in [1.54, 1.807) is 19.4 Å². The van der Waals surface area contributed by atoms with Crippen LogP contribution in [0.2, 0.25) is 0 Å². The van der Waals surface area contributed by atoms with E-state index >= 15 is 0 Å². The number of aromatic nitrogens is 3. The summed E-state index contributed by atoms with van der Waals surface area (Å²) in [7, 11) is 1.57. The average Bonchev–Trinajstić information content (AvgIpc) is 2.96. The zero-order chi connectivity index (χ0) is 16.3. The molecule has 0 amide bonds. The van der Waals surface area contributed by atoms with Crippen LogP contribution in [-0.4, -0.2) is 30.8 Å². The van der Waals surface area contributed by atoms with Gasteiger partial charge in [-0.3, -0.25) is 0 Å². The van der Waals surface area contributed by atoms with E-state index in [-0.39, 0.29) is 10.8 Å². The molecule has 0 aliphatic carbocycles. The van der Waals surface area contributed by atoms with E-state index in [2.05, 4.69) is 19.1 Å². The van der Waals surface area contributed by atoms with E-state index in [0.717, 1.165) is 10.6 Å². The van der Waals surface area contributed by atoms with Crippen molar-refractivity contribution in [1.82, 2.24) is 19.1 Å². The zero-order valence-electron chi connectivity index (χ0n) is 13.3. The molecule has 2 rings (SSSR count). The highest BCUT2D eigenvalue weighted by Crippen LogP contribution is 2.25. The minimum absolute atomic E-state index is 0.130. The topological polar surface area (TPSA) is 83.0 Å². The Balaban J connectivity index is 2.13. The van der Waals surface area contributed by atoms with Crippen molar-refractivity contribution < 1.29 is 9.29 Å². The maximum Gasteiger partial charge on any atom is 0.213 e. The Morgan fingerprint density at radius 1 is 1.41 bits per heavy atom. The number of hydrogen-bond donors (Lipinski definition) is 1. The van der Waals surface area contributed by atoms with Crippen molar-refractivity contribution in [2.24, 2.45) is 0 Å². The molecular formula is C14H20N4O2S2. The Bertz CT molecular complexity index is 627. The molecule has 2 aromatic heterocycles. The SMILES string of the molecule is COc1cc(-c2nsc([C@H](C)N[S@+]([O-])C(C)(C)C)n2)ccn1. The van der Waals surface area contributed by atoms with Gasteiger partial charge >= 0.3 is 0 Å². The third-order valence-corrected chi connectivity index (χ3v) is 5.43. The molecule has 2 heterocycles. The van der Waals surface area contributed by atoms with Gasteiger partial charge in [-0.25, -0.2) is 9.97 Å². The molecule has 0 radical (unpaired) electrons. The lowest BCUT2D eigenvalue weighted by Gasteiger charge is -2.25. The van der Waals surface area contributed by atoms with Crippen molar-refractivity contribution in [3.8, 4) is 17.3 Å². The average molecular weight is 340 g/mol. The molecule has 8 heteroatoms. The van der Waals surface area contributed by atoms with Crippen molar-refractivity contribution in [3.63, 3.8) is 0 Å². The van der Waals surface area contributed by atoms with E-state index in [4.69, 9.17) is 4.74 Å². The predicted molar refractivity (Wildman–Crippen MR) is 89.1 cm³/mol. The molecule has 2 atom stereocenters. The number of hydrogen-bond acceptors (Lipinski definition) is 7. The number of methoxy groups -OCH3 is 1. The highest BCUT2D eigenvalue weighted by molar-refractivity contribution is 7.90. The van der Waals surface area contributed by atoms with Crippen LogP contribution >= 0.6 is 11.5 Å². The Morgan fingerprint density at radius 2 is 2.14 bits per heavy atom. The molecule has 2 aromatic rings. The van der Waals surface area contributed by atoms with Gasteiger partial charge in [-0.2, -0.15) is 4.37 Å². The lowest BCUT2D eigenvalue weighted by atomic mass is 10.2.